The van der Waals surface area contributed by atoms with Gasteiger partial charge in [-0.25, -0.2) is 4.79 Å². The van der Waals surface area contributed by atoms with Gasteiger partial charge in [0, 0.05) is 6.08 Å². The minimum atomic E-state index is -1.39. The van der Waals surface area contributed by atoms with E-state index >= 15 is 0 Å². The second kappa shape index (κ2) is 35.7. The molecule has 0 unspecified atom stereocenters. The molecule has 0 heterocycles. The van der Waals surface area contributed by atoms with Crippen LogP contribution in [0.5, 0.6) is 0 Å². The van der Waals surface area contributed by atoms with Crippen molar-refractivity contribution in [1.29, 1.82) is 0 Å². The molecule has 0 aliphatic heterocycles. The Hall–Kier alpha value is -0.521. The maximum absolute atomic E-state index is 10.9. The van der Waals surface area contributed by atoms with Crippen LogP contribution in [-0.2, 0) is 14.3 Å². The number of unbranched alkanes of at least 4 members (excludes halogenated alkanes) is 17. The van der Waals surface area contributed by atoms with Gasteiger partial charge in [-0.3, -0.25) is 0 Å². The molecule has 0 rings (SSSR count). The van der Waals surface area contributed by atoms with Crippen molar-refractivity contribution in [2.75, 3.05) is 6.61 Å². The first kappa shape index (κ1) is 42.6. The summed E-state index contributed by atoms with van der Waals surface area (Å²) in [5, 5.41) is 9.98. The molecule has 0 bridgehead atoms. The predicted molar refractivity (Wildman–Crippen MR) is 179 cm³/mol. The van der Waals surface area contributed by atoms with Gasteiger partial charge in [-0.05, 0) is 18.4 Å². The first-order valence-corrected chi connectivity index (χ1v) is 23.8. The molecular weight excluding hydrogens is 615 g/mol. The molecule has 0 amide bonds. The molecule has 0 saturated heterocycles. The maximum atomic E-state index is 10.9. The first-order valence-electron chi connectivity index (χ1n) is 17.8. The van der Waals surface area contributed by atoms with Crippen molar-refractivity contribution in [2.45, 2.75) is 189 Å². The van der Waals surface area contributed by atoms with Crippen molar-refractivity contribution in [2.24, 2.45) is 5.92 Å². The van der Waals surface area contributed by atoms with Crippen molar-refractivity contribution in [1.82, 2.24) is 0 Å². The summed E-state index contributed by atoms with van der Waals surface area (Å²) >= 11 is -1.02. The van der Waals surface area contributed by atoms with Gasteiger partial charge >= 0.3 is 175 Å². The molecule has 242 valence electrons. The van der Waals surface area contributed by atoms with Crippen LogP contribution in [0.2, 0.25) is 13.3 Å². The van der Waals surface area contributed by atoms with E-state index in [9.17, 15) is 14.7 Å². The van der Waals surface area contributed by atoms with Gasteiger partial charge in [-0.15, -0.1) is 0 Å². The zero-order valence-corrected chi connectivity index (χ0v) is 31.1. The summed E-state index contributed by atoms with van der Waals surface area (Å²) in [5.41, 5.74) is 0. The summed E-state index contributed by atoms with van der Waals surface area (Å²) in [7, 11) is 0. The average molecular weight is 686 g/mol. The zero-order valence-electron chi connectivity index (χ0n) is 28.2. The van der Waals surface area contributed by atoms with Crippen LogP contribution in [0, 0.1) is 5.92 Å². The number of carbonyl (C=O) groups excluding carboxylic acids is 2. The van der Waals surface area contributed by atoms with Gasteiger partial charge in [-0.2, -0.15) is 0 Å². The number of carbonyl (C=O) groups is 2. The Morgan fingerprint density at radius 1 is 0.585 bits per heavy atom. The molecule has 41 heavy (non-hydrogen) atoms. The van der Waals surface area contributed by atoms with E-state index in [1.807, 2.05) is 0 Å². The van der Waals surface area contributed by atoms with E-state index in [-0.39, 0.29) is 0 Å². The molecule has 0 aromatic rings. The summed E-state index contributed by atoms with van der Waals surface area (Å²) in [6.45, 7) is 11.7. The van der Waals surface area contributed by atoms with Gasteiger partial charge in [0.15, 0.2) is 0 Å². The van der Waals surface area contributed by atoms with Gasteiger partial charge in [0.05, 0.1) is 12.6 Å². The molecule has 5 heteroatoms. The van der Waals surface area contributed by atoms with Crippen molar-refractivity contribution in [3.8, 4) is 0 Å². The van der Waals surface area contributed by atoms with Gasteiger partial charge in [-0.1, -0.05) is 33.1 Å². The Morgan fingerprint density at radius 2 is 0.976 bits per heavy atom. The van der Waals surface area contributed by atoms with E-state index < -0.39 is 31.7 Å². The van der Waals surface area contributed by atoms with E-state index in [0.717, 1.165) is 25.3 Å². The van der Waals surface area contributed by atoms with Crippen LogP contribution in [0.3, 0.4) is 0 Å². The third kappa shape index (κ3) is 39.5. The zero-order chi connectivity index (χ0) is 30.8. The Balaban J connectivity index is 0. The SMILES string of the molecule is CC(C)CCCCCOC(=O)C=CC(=O)[O-].CCCCCCC[CH2][Sn+]([CH2]CCCCCCC)[CH2]CCCCCCC. The molecule has 0 spiro atoms. The third-order valence-electron chi connectivity index (χ3n) is 7.68. The van der Waals surface area contributed by atoms with Crippen molar-refractivity contribution in [3.63, 3.8) is 0 Å². The van der Waals surface area contributed by atoms with Gasteiger partial charge in [0.25, 0.3) is 0 Å². The number of aliphatic carboxylic acids is 1. The van der Waals surface area contributed by atoms with E-state index in [1.54, 1.807) is 32.6 Å². The second-order valence-electron chi connectivity index (χ2n) is 12.4. The van der Waals surface area contributed by atoms with E-state index in [1.165, 1.54) is 103 Å². The summed E-state index contributed by atoms with van der Waals surface area (Å²) in [6.07, 6.45) is 32.6. The Bertz CT molecular complexity index is 538. The Kier molecular flexibility index (Phi) is 37.1. The number of carboxylic acids is 1. The molecule has 0 radical (unpaired) electrons. The summed E-state index contributed by atoms with van der Waals surface area (Å²) < 4.78 is 9.94. The fourth-order valence-electron chi connectivity index (χ4n) is 5.03. The number of carboxylic acid groups (broad SMARTS) is 1. The predicted octanol–water partition coefficient (Wildman–Crippen LogP) is 10.6. The normalized spacial score (nSPS) is 11.1. The molecule has 0 fully saturated rings. The molecule has 0 aliphatic rings. The van der Waals surface area contributed by atoms with E-state index in [2.05, 4.69) is 34.6 Å². The standard InChI is InChI=1S/C12H20O4.3C8H17.Sn/c1-10(2)6-4-3-5-9-16-12(15)8-7-11(13)14;3*1-3-5-7-8-6-4-2;/h7-8,10H,3-6,9H2,1-2H3,(H,13,14);3*1,3-8H2,2H3;/q;;;;+1/p-1. The van der Waals surface area contributed by atoms with Gasteiger partial charge < -0.3 is 14.6 Å². The second-order valence-corrected chi connectivity index (χ2v) is 20.9. The monoisotopic (exact) mass is 686 g/mol. The van der Waals surface area contributed by atoms with Crippen LogP contribution < -0.4 is 5.11 Å². The minimum absolute atomic E-state index is 0.342. The summed E-state index contributed by atoms with van der Waals surface area (Å²) in [4.78, 5) is 20.9. The van der Waals surface area contributed by atoms with Gasteiger partial charge in [0.1, 0.15) is 0 Å². The molecule has 0 aromatic heterocycles. The number of hydrogen-bond donors (Lipinski definition) is 0. The summed E-state index contributed by atoms with van der Waals surface area (Å²) in [6, 6.07) is 0. The van der Waals surface area contributed by atoms with E-state index in [0.29, 0.717) is 18.6 Å². The Morgan fingerprint density at radius 3 is 1.37 bits per heavy atom. The molecule has 0 atom stereocenters. The third-order valence-corrected chi connectivity index (χ3v) is 16.8. The molecule has 0 aliphatic carbocycles. The van der Waals surface area contributed by atoms with Crippen LogP contribution in [0.1, 0.15) is 176 Å². The van der Waals surface area contributed by atoms with Crippen LogP contribution in [0.25, 0.3) is 0 Å². The molecule has 0 N–H and O–H groups in total. The van der Waals surface area contributed by atoms with Crippen molar-refractivity contribution < 1.29 is 19.4 Å². The number of ether oxygens (including phenoxy) is 1. The van der Waals surface area contributed by atoms with Crippen molar-refractivity contribution in [3.05, 3.63) is 12.2 Å². The van der Waals surface area contributed by atoms with Crippen LogP contribution in [0.15, 0.2) is 12.2 Å². The van der Waals surface area contributed by atoms with Crippen molar-refractivity contribution >= 4 is 31.7 Å². The van der Waals surface area contributed by atoms with E-state index in [4.69, 9.17) is 4.74 Å². The fraction of sp³-hybridized carbons (Fsp3) is 0.889. The number of rotatable bonds is 29. The van der Waals surface area contributed by atoms with Gasteiger partial charge in [0.2, 0.25) is 0 Å². The molecule has 4 nitrogen and oxygen atoms in total. The Labute approximate surface area is 264 Å². The summed E-state index contributed by atoms with van der Waals surface area (Å²) in [5.74, 6) is -1.32. The molecular formula is C36H70O4Sn. The number of hydrogen-bond acceptors (Lipinski definition) is 4. The van der Waals surface area contributed by atoms with Crippen LogP contribution in [-0.4, -0.2) is 38.3 Å². The average Bonchev–Trinajstić information content (AvgIpc) is 2.94. The quantitative estimate of drug-likeness (QED) is 0.0340. The molecule has 0 saturated carbocycles. The fourth-order valence-corrected chi connectivity index (χ4v) is 13.6. The first-order chi connectivity index (χ1) is 19.9. The number of esters is 1. The van der Waals surface area contributed by atoms with Crippen LogP contribution in [0.4, 0.5) is 0 Å². The molecule has 0 aromatic carbocycles. The topological polar surface area (TPSA) is 66.4 Å². The van der Waals surface area contributed by atoms with Crippen LogP contribution >= 0.6 is 0 Å².